The van der Waals surface area contributed by atoms with Gasteiger partial charge in [0.05, 0.1) is 5.02 Å². The maximum atomic E-state index is 12.0. The van der Waals surface area contributed by atoms with Crippen LogP contribution in [0, 0.1) is 11.3 Å². The molecule has 0 saturated heterocycles. The molecular weight excluding hydrogens is 377 g/mol. The van der Waals surface area contributed by atoms with Gasteiger partial charge in [-0.1, -0.05) is 54.1 Å². The molecule has 0 bridgehead atoms. The molecule has 0 spiro atoms. The highest BCUT2D eigenvalue weighted by Crippen LogP contribution is 2.38. The van der Waals surface area contributed by atoms with Crippen LogP contribution in [0.1, 0.15) is 18.1 Å². The van der Waals surface area contributed by atoms with Crippen LogP contribution < -0.4 is 9.47 Å². The van der Waals surface area contributed by atoms with E-state index < -0.39 is 11.6 Å². The van der Waals surface area contributed by atoms with Gasteiger partial charge in [0, 0.05) is 22.7 Å². The molecule has 2 aromatic carbocycles. The molecule has 0 aliphatic heterocycles. The van der Waals surface area contributed by atoms with Crippen molar-refractivity contribution in [2.75, 3.05) is 6.61 Å². The second-order valence-electron chi connectivity index (χ2n) is 5.41. The van der Waals surface area contributed by atoms with Crippen molar-refractivity contribution in [1.82, 2.24) is 0 Å². The molecule has 0 saturated carbocycles. The summed E-state index contributed by atoms with van der Waals surface area (Å²) in [5.74, 6) is -0.984. The van der Waals surface area contributed by atoms with E-state index in [-0.39, 0.29) is 33.5 Å². The minimum absolute atomic E-state index is 0.00264. The van der Waals surface area contributed by atoms with Crippen LogP contribution in [0.15, 0.2) is 49.1 Å². The van der Waals surface area contributed by atoms with Gasteiger partial charge in [-0.05, 0) is 13.0 Å². The normalized spacial score (nSPS) is 12.5. The molecule has 2 rings (SSSR count). The van der Waals surface area contributed by atoms with Gasteiger partial charge in [0.1, 0.15) is 29.7 Å². The standard InChI is InChI=1S/C19H15Cl2NO4/c1-3-8-25-12-9-16(21)13(11-22)17(10-12)26-19(2,18(23)24)14-6-4-5-7-15(14)20/h3-7,9-10H,1,8H2,2H3,(H,23,24). The lowest BCUT2D eigenvalue weighted by Gasteiger charge is -2.28. The van der Waals surface area contributed by atoms with Crippen molar-refractivity contribution in [3.05, 3.63) is 70.2 Å². The van der Waals surface area contributed by atoms with Crippen LogP contribution >= 0.6 is 23.2 Å². The maximum absolute atomic E-state index is 12.0. The monoisotopic (exact) mass is 391 g/mol. The van der Waals surface area contributed by atoms with Gasteiger partial charge in [0.2, 0.25) is 5.60 Å². The fourth-order valence-corrected chi connectivity index (χ4v) is 2.83. The third-order valence-electron chi connectivity index (χ3n) is 3.62. The van der Waals surface area contributed by atoms with Gasteiger partial charge < -0.3 is 14.6 Å². The van der Waals surface area contributed by atoms with E-state index in [0.717, 1.165) is 0 Å². The SMILES string of the molecule is C=CCOc1cc(Cl)c(C#N)c(OC(C)(C(=O)O)c2ccccc2Cl)c1. The first-order chi connectivity index (χ1) is 12.3. The van der Waals surface area contributed by atoms with Gasteiger partial charge in [-0.25, -0.2) is 4.79 Å². The zero-order chi connectivity index (χ0) is 19.3. The Balaban J connectivity index is 2.57. The quantitative estimate of drug-likeness (QED) is 0.685. The Bertz CT molecular complexity index is 892. The van der Waals surface area contributed by atoms with E-state index in [4.69, 9.17) is 32.7 Å². The fourth-order valence-electron chi connectivity index (χ4n) is 2.27. The summed E-state index contributed by atoms with van der Waals surface area (Å²) in [6.07, 6.45) is 1.54. The highest BCUT2D eigenvalue weighted by molar-refractivity contribution is 6.32. The Morgan fingerprint density at radius 1 is 1.35 bits per heavy atom. The van der Waals surface area contributed by atoms with Crippen molar-refractivity contribution in [3.8, 4) is 17.6 Å². The average molecular weight is 392 g/mol. The van der Waals surface area contributed by atoms with E-state index >= 15 is 0 Å². The number of carbonyl (C=O) groups is 1. The Labute approximate surface area is 161 Å². The zero-order valence-corrected chi connectivity index (χ0v) is 15.3. The molecule has 2 aromatic rings. The molecule has 1 atom stereocenters. The molecule has 0 fully saturated rings. The summed E-state index contributed by atoms with van der Waals surface area (Å²) in [5.41, 5.74) is -1.60. The topological polar surface area (TPSA) is 79.5 Å². The molecule has 0 aliphatic rings. The summed E-state index contributed by atoms with van der Waals surface area (Å²) >= 11 is 12.3. The van der Waals surface area contributed by atoms with Gasteiger partial charge in [0.25, 0.3) is 0 Å². The molecule has 0 amide bonds. The number of carboxylic acid groups (broad SMARTS) is 1. The number of benzene rings is 2. The lowest BCUT2D eigenvalue weighted by Crippen LogP contribution is -2.39. The number of hydrogen-bond donors (Lipinski definition) is 1. The predicted octanol–water partition coefficient (Wildman–Crippen LogP) is 4.81. The first-order valence-corrected chi connectivity index (χ1v) is 8.23. The van der Waals surface area contributed by atoms with Crippen LogP contribution in [0.2, 0.25) is 10.0 Å². The molecule has 26 heavy (non-hydrogen) atoms. The lowest BCUT2D eigenvalue weighted by atomic mass is 9.95. The molecule has 134 valence electrons. The average Bonchev–Trinajstić information content (AvgIpc) is 2.60. The fraction of sp³-hybridized carbons (Fsp3) is 0.158. The summed E-state index contributed by atoms with van der Waals surface area (Å²) < 4.78 is 11.2. The van der Waals surface area contributed by atoms with E-state index in [1.54, 1.807) is 24.3 Å². The van der Waals surface area contributed by atoms with E-state index in [1.165, 1.54) is 25.1 Å². The number of rotatable bonds is 7. The Morgan fingerprint density at radius 2 is 2.04 bits per heavy atom. The lowest BCUT2D eigenvalue weighted by molar-refractivity contribution is -0.154. The zero-order valence-electron chi connectivity index (χ0n) is 13.8. The molecule has 5 nitrogen and oxygen atoms in total. The number of carboxylic acids is 1. The first-order valence-electron chi connectivity index (χ1n) is 7.48. The number of halogens is 2. The predicted molar refractivity (Wildman–Crippen MR) is 98.9 cm³/mol. The van der Waals surface area contributed by atoms with Crippen molar-refractivity contribution in [2.24, 2.45) is 0 Å². The summed E-state index contributed by atoms with van der Waals surface area (Å²) in [4.78, 5) is 12.0. The Kier molecular flexibility index (Phi) is 6.14. The van der Waals surface area contributed by atoms with E-state index in [0.29, 0.717) is 5.75 Å². The second-order valence-corrected chi connectivity index (χ2v) is 6.22. The summed E-state index contributed by atoms with van der Waals surface area (Å²) in [7, 11) is 0. The smallest absolute Gasteiger partial charge is 0.352 e. The summed E-state index contributed by atoms with van der Waals surface area (Å²) in [6, 6.07) is 11.2. The van der Waals surface area contributed by atoms with Crippen LogP contribution in [0.3, 0.4) is 0 Å². The van der Waals surface area contributed by atoms with Gasteiger partial charge in [0.15, 0.2) is 0 Å². The minimum Gasteiger partial charge on any atom is -0.489 e. The molecule has 1 N–H and O–H groups in total. The largest absolute Gasteiger partial charge is 0.489 e. The van der Waals surface area contributed by atoms with Crippen molar-refractivity contribution < 1.29 is 19.4 Å². The number of nitrogens with zero attached hydrogens (tertiary/aromatic N) is 1. The summed E-state index contributed by atoms with van der Waals surface area (Å²) in [5, 5.41) is 19.5. The van der Waals surface area contributed by atoms with Crippen LogP contribution in [0.25, 0.3) is 0 Å². The molecule has 0 heterocycles. The van der Waals surface area contributed by atoms with E-state index in [1.807, 2.05) is 6.07 Å². The van der Waals surface area contributed by atoms with Crippen LogP contribution in [-0.2, 0) is 10.4 Å². The molecular formula is C19H15Cl2NO4. The third kappa shape index (κ3) is 3.93. The number of hydrogen-bond acceptors (Lipinski definition) is 4. The molecule has 0 aliphatic carbocycles. The van der Waals surface area contributed by atoms with Crippen molar-refractivity contribution >= 4 is 29.2 Å². The minimum atomic E-state index is -1.84. The van der Waals surface area contributed by atoms with Gasteiger partial charge in [-0.15, -0.1) is 0 Å². The molecule has 0 radical (unpaired) electrons. The Hall–Kier alpha value is -2.68. The van der Waals surface area contributed by atoms with Gasteiger partial charge >= 0.3 is 5.97 Å². The molecule has 1 unspecified atom stereocenters. The number of nitriles is 1. The number of ether oxygens (including phenoxy) is 2. The van der Waals surface area contributed by atoms with Crippen molar-refractivity contribution in [2.45, 2.75) is 12.5 Å². The first kappa shape index (κ1) is 19.6. The summed E-state index contributed by atoms with van der Waals surface area (Å²) in [6.45, 7) is 5.11. The van der Waals surface area contributed by atoms with Crippen molar-refractivity contribution in [3.63, 3.8) is 0 Å². The highest BCUT2D eigenvalue weighted by atomic mass is 35.5. The van der Waals surface area contributed by atoms with Crippen LogP contribution in [0.4, 0.5) is 0 Å². The Morgan fingerprint density at radius 3 is 2.62 bits per heavy atom. The van der Waals surface area contributed by atoms with Gasteiger partial charge in [-0.3, -0.25) is 0 Å². The van der Waals surface area contributed by atoms with E-state index in [2.05, 4.69) is 6.58 Å². The van der Waals surface area contributed by atoms with Gasteiger partial charge in [-0.2, -0.15) is 5.26 Å². The van der Waals surface area contributed by atoms with Crippen LogP contribution in [-0.4, -0.2) is 17.7 Å². The third-order valence-corrected chi connectivity index (χ3v) is 4.24. The molecule has 7 heteroatoms. The number of aliphatic carboxylic acids is 1. The highest BCUT2D eigenvalue weighted by Gasteiger charge is 2.40. The second kappa shape index (κ2) is 8.13. The van der Waals surface area contributed by atoms with Crippen molar-refractivity contribution in [1.29, 1.82) is 5.26 Å². The van der Waals surface area contributed by atoms with E-state index in [9.17, 15) is 15.2 Å². The maximum Gasteiger partial charge on any atom is 0.352 e. The van der Waals surface area contributed by atoms with Crippen LogP contribution in [0.5, 0.6) is 11.5 Å². The molecule has 0 aromatic heterocycles.